The van der Waals surface area contributed by atoms with Gasteiger partial charge in [0, 0.05) is 5.75 Å². The standard InChI is InChI=1S/C22H23N3O2S2/c1-14(2)13-28-22-21(24-18-7-5-6-8-19(18)25-22)20(12-23)29(26,27)17-10-9-15(3)16(4)11-17/h5-11,14,20H,13H2,1-4H3/t20-/m0/s1. The monoisotopic (exact) mass is 425 g/mol. The molecule has 3 aromatic rings. The van der Waals surface area contributed by atoms with Crippen molar-refractivity contribution in [3.63, 3.8) is 0 Å². The predicted octanol–water partition coefficient (Wildman–Crippen LogP) is 5.03. The number of hydrogen-bond acceptors (Lipinski definition) is 6. The molecule has 0 saturated heterocycles. The molecule has 2 aromatic carbocycles. The van der Waals surface area contributed by atoms with Gasteiger partial charge in [0.1, 0.15) is 10.7 Å². The molecule has 1 aromatic heterocycles. The van der Waals surface area contributed by atoms with E-state index in [1.54, 1.807) is 24.3 Å². The minimum absolute atomic E-state index is 0.127. The maximum atomic E-state index is 13.4. The predicted molar refractivity (Wildman–Crippen MR) is 117 cm³/mol. The number of aromatic nitrogens is 2. The Morgan fingerprint density at radius 3 is 2.28 bits per heavy atom. The lowest BCUT2D eigenvalue weighted by molar-refractivity contribution is 0.589. The van der Waals surface area contributed by atoms with E-state index < -0.39 is 15.1 Å². The van der Waals surface area contributed by atoms with Crippen LogP contribution in [-0.4, -0.2) is 24.1 Å². The number of sulfone groups is 1. The number of aryl methyl sites for hydroxylation is 2. The highest BCUT2D eigenvalue weighted by Crippen LogP contribution is 2.35. The molecule has 0 bridgehead atoms. The van der Waals surface area contributed by atoms with Crippen molar-refractivity contribution in [3.05, 3.63) is 59.3 Å². The number of hydrogen-bond donors (Lipinski definition) is 0. The summed E-state index contributed by atoms with van der Waals surface area (Å²) in [6.07, 6.45) is 0. The fourth-order valence-electron chi connectivity index (χ4n) is 2.82. The zero-order valence-electron chi connectivity index (χ0n) is 16.9. The van der Waals surface area contributed by atoms with Crippen LogP contribution in [0, 0.1) is 31.1 Å². The Labute approximate surface area is 176 Å². The molecule has 0 amide bonds. The minimum atomic E-state index is -3.95. The number of para-hydroxylation sites is 2. The van der Waals surface area contributed by atoms with Crippen molar-refractivity contribution in [2.24, 2.45) is 5.92 Å². The molecule has 5 nitrogen and oxygen atoms in total. The first-order valence-corrected chi connectivity index (χ1v) is 11.9. The van der Waals surface area contributed by atoms with E-state index in [1.165, 1.54) is 11.8 Å². The Balaban J connectivity index is 2.18. The van der Waals surface area contributed by atoms with Crippen molar-refractivity contribution in [1.29, 1.82) is 5.26 Å². The molecule has 150 valence electrons. The van der Waals surface area contributed by atoms with Crippen LogP contribution in [0.1, 0.15) is 35.9 Å². The van der Waals surface area contributed by atoms with E-state index in [-0.39, 0.29) is 10.6 Å². The van der Waals surface area contributed by atoms with E-state index in [9.17, 15) is 13.7 Å². The van der Waals surface area contributed by atoms with Gasteiger partial charge in [-0.1, -0.05) is 32.0 Å². The molecule has 0 aliphatic carbocycles. The smallest absolute Gasteiger partial charge is 0.200 e. The molecule has 0 aliphatic rings. The Bertz CT molecular complexity index is 1200. The minimum Gasteiger partial charge on any atom is -0.246 e. The molecule has 0 N–H and O–H groups in total. The summed E-state index contributed by atoms with van der Waals surface area (Å²) in [6, 6.07) is 14.2. The lowest BCUT2D eigenvalue weighted by Gasteiger charge is -2.16. The van der Waals surface area contributed by atoms with Gasteiger partial charge in [0.05, 0.1) is 22.0 Å². The van der Waals surface area contributed by atoms with Crippen molar-refractivity contribution >= 4 is 32.6 Å². The average Bonchev–Trinajstić information content (AvgIpc) is 2.68. The van der Waals surface area contributed by atoms with E-state index in [0.29, 0.717) is 22.0 Å². The summed E-state index contributed by atoms with van der Waals surface area (Å²) in [7, 11) is -3.95. The van der Waals surface area contributed by atoms with Crippen LogP contribution in [0.4, 0.5) is 0 Å². The molecular weight excluding hydrogens is 402 g/mol. The number of rotatable bonds is 6. The van der Waals surface area contributed by atoms with Crippen molar-refractivity contribution in [3.8, 4) is 6.07 Å². The molecule has 3 rings (SSSR count). The molecule has 1 atom stereocenters. The Hall–Kier alpha value is -2.43. The summed E-state index contributed by atoms with van der Waals surface area (Å²) in [5, 5.41) is 8.94. The Morgan fingerprint density at radius 2 is 1.69 bits per heavy atom. The van der Waals surface area contributed by atoms with Crippen LogP contribution in [0.2, 0.25) is 0 Å². The maximum Gasteiger partial charge on any atom is 0.200 e. The number of nitriles is 1. The normalized spacial score (nSPS) is 12.8. The molecule has 29 heavy (non-hydrogen) atoms. The molecule has 0 saturated carbocycles. The molecule has 0 spiro atoms. The van der Waals surface area contributed by atoms with Crippen molar-refractivity contribution in [2.75, 3.05) is 5.75 Å². The largest absolute Gasteiger partial charge is 0.246 e. The lowest BCUT2D eigenvalue weighted by atomic mass is 10.1. The zero-order chi connectivity index (χ0) is 21.2. The number of fused-ring (bicyclic) bond motifs is 1. The fourth-order valence-corrected chi connectivity index (χ4v) is 5.33. The van der Waals surface area contributed by atoms with Crippen LogP contribution in [0.15, 0.2) is 52.4 Å². The Kier molecular flexibility index (Phi) is 6.25. The van der Waals surface area contributed by atoms with E-state index in [2.05, 4.69) is 23.8 Å². The van der Waals surface area contributed by atoms with Gasteiger partial charge in [-0.25, -0.2) is 18.4 Å². The third kappa shape index (κ3) is 4.44. The summed E-state index contributed by atoms with van der Waals surface area (Å²) >= 11 is 1.44. The number of nitrogens with zero attached hydrogens (tertiary/aromatic N) is 3. The second-order valence-electron chi connectivity index (χ2n) is 7.41. The topological polar surface area (TPSA) is 83.7 Å². The molecule has 0 fully saturated rings. The molecule has 0 radical (unpaired) electrons. The maximum absolute atomic E-state index is 13.4. The highest BCUT2D eigenvalue weighted by Gasteiger charge is 2.33. The Morgan fingerprint density at radius 1 is 1.03 bits per heavy atom. The summed E-state index contributed by atoms with van der Waals surface area (Å²) in [4.78, 5) is 9.34. The summed E-state index contributed by atoms with van der Waals surface area (Å²) in [6.45, 7) is 7.93. The third-order valence-corrected chi connectivity index (χ3v) is 7.87. The molecular formula is C22H23N3O2S2. The van der Waals surface area contributed by atoms with Gasteiger partial charge in [0.25, 0.3) is 0 Å². The summed E-state index contributed by atoms with van der Waals surface area (Å²) in [5.74, 6) is 1.14. The second kappa shape index (κ2) is 8.52. The highest BCUT2D eigenvalue weighted by molar-refractivity contribution is 7.99. The van der Waals surface area contributed by atoms with Gasteiger partial charge in [-0.2, -0.15) is 5.26 Å². The number of thioether (sulfide) groups is 1. The van der Waals surface area contributed by atoms with Crippen LogP contribution in [0.5, 0.6) is 0 Å². The van der Waals surface area contributed by atoms with Crippen molar-refractivity contribution in [1.82, 2.24) is 9.97 Å². The second-order valence-corrected chi connectivity index (χ2v) is 10.4. The van der Waals surface area contributed by atoms with Gasteiger partial charge in [-0.15, -0.1) is 11.8 Å². The molecule has 0 unspecified atom stereocenters. The summed E-state index contributed by atoms with van der Waals surface area (Å²) in [5.41, 5.74) is 3.32. The van der Waals surface area contributed by atoms with Crippen LogP contribution < -0.4 is 0 Å². The van der Waals surface area contributed by atoms with Gasteiger partial charge in [0.2, 0.25) is 9.84 Å². The van der Waals surface area contributed by atoms with Crippen LogP contribution >= 0.6 is 11.8 Å². The van der Waals surface area contributed by atoms with Gasteiger partial charge < -0.3 is 0 Å². The van der Waals surface area contributed by atoms with E-state index >= 15 is 0 Å². The van der Waals surface area contributed by atoms with Gasteiger partial charge in [-0.3, -0.25) is 0 Å². The average molecular weight is 426 g/mol. The van der Waals surface area contributed by atoms with Gasteiger partial charge in [-0.05, 0) is 55.2 Å². The van der Waals surface area contributed by atoms with E-state index in [0.717, 1.165) is 16.9 Å². The van der Waals surface area contributed by atoms with E-state index in [1.807, 2.05) is 38.1 Å². The first-order valence-electron chi connectivity index (χ1n) is 9.34. The van der Waals surface area contributed by atoms with Crippen molar-refractivity contribution in [2.45, 2.75) is 42.9 Å². The third-order valence-electron chi connectivity index (χ3n) is 4.60. The van der Waals surface area contributed by atoms with Gasteiger partial charge >= 0.3 is 0 Å². The molecule has 1 heterocycles. The first kappa shape index (κ1) is 21.3. The fraction of sp³-hybridized carbons (Fsp3) is 0.318. The summed E-state index contributed by atoms with van der Waals surface area (Å²) < 4.78 is 26.7. The first-order chi connectivity index (χ1) is 13.7. The van der Waals surface area contributed by atoms with Crippen LogP contribution in [-0.2, 0) is 9.84 Å². The quantitative estimate of drug-likeness (QED) is 0.515. The zero-order valence-corrected chi connectivity index (χ0v) is 18.5. The molecule has 0 aliphatic heterocycles. The lowest BCUT2D eigenvalue weighted by Crippen LogP contribution is -2.16. The highest BCUT2D eigenvalue weighted by atomic mass is 32.2. The van der Waals surface area contributed by atoms with Gasteiger partial charge in [0.15, 0.2) is 5.25 Å². The molecule has 7 heteroatoms. The number of benzene rings is 2. The SMILES string of the molecule is Cc1ccc(S(=O)(=O)[C@@H](C#N)c2nc3ccccc3nc2SCC(C)C)cc1C. The van der Waals surface area contributed by atoms with Crippen molar-refractivity contribution < 1.29 is 8.42 Å². The van der Waals surface area contributed by atoms with E-state index in [4.69, 9.17) is 0 Å². The van der Waals surface area contributed by atoms with Crippen LogP contribution in [0.25, 0.3) is 11.0 Å². The van der Waals surface area contributed by atoms with Crippen LogP contribution in [0.3, 0.4) is 0 Å².